The molecule has 0 atom stereocenters. The Bertz CT molecular complexity index is 834. The van der Waals surface area contributed by atoms with Crippen molar-refractivity contribution in [3.63, 3.8) is 0 Å². The lowest BCUT2D eigenvalue weighted by Gasteiger charge is -2.07. The van der Waals surface area contributed by atoms with Gasteiger partial charge in [0.25, 0.3) is 5.91 Å². The number of anilines is 2. The number of amides is 1. The summed E-state index contributed by atoms with van der Waals surface area (Å²) in [4.78, 5) is 20.6. The second-order valence-corrected chi connectivity index (χ2v) is 5.63. The molecule has 3 rings (SSSR count). The number of rotatable bonds is 7. The fourth-order valence-corrected chi connectivity index (χ4v) is 2.39. The topological polar surface area (TPSA) is 76.1 Å². The molecule has 0 fully saturated rings. The van der Waals surface area contributed by atoms with E-state index in [1.165, 1.54) is 11.8 Å². The maximum absolute atomic E-state index is 12.2. The van der Waals surface area contributed by atoms with Crippen LogP contribution in [-0.4, -0.2) is 29.5 Å². The van der Waals surface area contributed by atoms with E-state index in [4.69, 9.17) is 4.74 Å². The van der Waals surface area contributed by atoms with Crippen LogP contribution in [0, 0.1) is 0 Å². The van der Waals surface area contributed by atoms with Crippen LogP contribution in [0.5, 0.6) is 5.75 Å². The summed E-state index contributed by atoms with van der Waals surface area (Å²) in [5.41, 5.74) is 2.18. The molecule has 1 amide bonds. The predicted octanol–water partition coefficient (Wildman–Crippen LogP) is 3.39. The van der Waals surface area contributed by atoms with Crippen molar-refractivity contribution < 1.29 is 9.53 Å². The number of hydrogen-bond acceptors (Lipinski definition) is 5. The molecule has 0 aliphatic heterocycles. The van der Waals surface area contributed by atoms with Gasteiger partial charge < -0.3 is 15.4 Å². The Hall–Kier alpha value is -3.41. The molecule has 6 heteroatoms. The SMILES string of the molecule is COc1ccc(NC(=O)c2cnc(NCCc3ccccc3)cn2)cc1. The van der Waals surface area contributed by atoms with Crippen molar-refractivity contribution in [2.24, 2.45) is 0 Å². The van der Waals surface area contributed by atoms with Crippen LogP contribution in [0.4, 0.5) is 11.5 Å². The molecule has 2 N–H and O–H groups in total. The smallest absolute Gasteiger partial charge is 0.275 e. The van der Waals surface area contributed by atoms with Gasteiger partial charge in [-0.15, -0.1) is 0 Å². The minimum absolute atomic E-state index is 0.259. The van der Waals surface area contributed by atoms with Crippen LogP contribution in [0.2, 0.25) is 0 Å². The van der Waals surface area contributed by atoms with Crippen molar-refractivity contribution in [3.05, 3.63) is 78.2 Å². The van der Waals surface area contributed by atoms with E-state index in [2.05, 4.69) is 32.7 Å². The lowest BCUT2D eigenvalue weighted by atomic mass is 10.1. The standard InChI is InChI=1S/C20H20N4O2/c1-26-17-9-7-16(8-10-17)24-20(25)18-13-23-19(14-22-18)21-12-11-15-5-3-2-4-6-15/h2-10,13-14H,11-12H2,1H3,(H,21,23)(H,24,25). The maximum Gasteiger partial charge on any atom is 0.275 e. The van der Waals surface area contributed by atoms with E-state index in [9.17, 15) is 4.79 Å². The lowest BCUT2D eigenvalue weighted by molar-refractivity contribution is 0.102. The molecule has 0 saturated heterocycles. The molecular weight excluding hydrogens is 328 g/mol. The van der Waals surface area contributed by atoms with E-state index in [0.717, 1.165) is 18.7 Å². The summed E-state index contributed by atoms with van der Waals surface area (Å²) >= 11 is 0. The average molecular weight is 348 g/mol. The lowest BCUT2D eigenvalue weighted by Crippen LogP contribution is -2.15. The highest BCUT2D eigenvalue weighted by molar-refractivity contribution is 6.02. The molecule has 2 aromatic carbocycles. The van der Waals surface area contributed by atoms with Gasteiger partial charge in [-0.3, -0.25) is 4.79 Å². The Morgan fingerprint density at radius 3 is 2.42 bits per heavy atom. The first kappa shape index (κ1) is 17.4. The number of benzene rings is 2. The second-order valence-electron chi connectivity index (χ2n) is 5.63. The quantitative estimate of drug-likeness (QED) is 0.684. The van der Waals surface area contributed by atoms with Crippen LogP contribution >= 0.6 is 0 Å². The molecule has 132 valence electrons. The van der Waals surface area contributed by atoms with E-state index in [-0.39, 0.29) is 11.6 Å². The van der Waals surface area contributed by atoms with Gasteiger partial charge in [-0.1, -0.05) is 30.3 Å². The van der Waals surface area contributed by atoms with Crippen LogP contribution in [0.15, 0.2) is 67.0 Å². The third kappa shape index (κ3) is 4.80. The first-order valence-electron chi connectivity index (χ1n) is 8.30. The molecule has 1 heterocycles. The largest absolute Gasteiger partial charge is 0.497 e. The van der Waals surface area contributed by atoms with E-state index in [1.807, 2.05) is 18.2 Å². The molecule has 0 bridgehead atoms. The Balaban J connectivity index is 1.52. The highest BCUT2D eigenvalue weighted by Gasteiger charge is 2.08. The third-order valence-electron chi connectivity index (χ3n) is 3.79. The fourth-order valence-electron chi connectivity index (χ4n) is 2.39. The van der Waals surface area contributed by atoms with Crippen molar-refractivity contribution in [2.75, 3.05) is 24.3 Å². The Labute approximate surface area is 152 Å². The Morgan fingerprint density at radius 1 is 1.00 bits per heavy atom. The molecule has 0 aliphatic rings. The zero-order valence-electron chi connectivity index (χ0n) is 14.5. The Morgan fingerprint density at radius 2 is 1.77 bits per heavy atom. The molecular formula is C20H20N4O2. The summed E-state index contributed by atoms with van der Waals surface area (Å²) in [6.45, 7) is 0.746. The van der Waals surface area contributed by atoms with E-state index in [1.54, 1.807) is 37.6 Å². The first-order valence-corrected chi connectivity index (χ1v) is 8.30. The fraction of sp³-hybridized carbons (Fsp3) is 0.150. The molecule has 0 saturated carbocycles. The van der Waals surface area contributed by atoms with Gasteiger partial charge in [0.15, 0.2) is 0 Å². The van der Waals surface area contributed by atoms with Crippen LogP contribution < -0.4 is 15.4 Å². The summed E-state index contributed by atoms with van der Waals surface area (Å²) in [6, 6.07) is 17.3. The van der Waals surface area contributed by atoms with Gasteiger partial charge >= 0.3 is 0 Å². The van der Waals surface area contributed by atoms with E-state index >= 15 is 0 Å². The van der Waals surface area contributed by atoms with Gasteiger partial charge in [0.1, 0.15) is 17.3 Å². The number of nitrogens with one attached hydrogen (secondary N) is 2. The number of ether oxygens (including phenoxy) is 1. The molecule has 0 spiro atoms. The Kier molecular flexibility index (Phi) is 5.77. The van der Waals surface area contributed by atoms with Crippen LogP contribution in [-0.2, 0) is 6.42 Å². The highest BCUT2D eigenvalue weighted by atomic mass is 16.5. The molecule has 0 radical (unpaired) electrons. The average Bonchev–Trinajstić information content (AvgIpc) is 2.70. The molecule has 3 aromatic rings. The minimum atomic E-state index is -0.307. The zero-order valence-corrected chi connectivity index (χ0v) is 14.5. The normalized spacial score (nSPS) is 10.2. The zero-order chi connectivity index (χ0) is 18.2. The monoisotopic (exact) mass is 348 g/mol. The van der Waals surface area contributed by atoms with Crippen LogP contribution in [0.25, 0.3) is 0 Å². The van der Waals surface area contributed by atoms with E-state index < -0.39 is 0 Å². The minimum Gasteiger partial charge on any atom is -0.497 e. The van der Waals surface area contributed by atoms with Gasteiger partial charge in [-0.25, -0.2) is 9.97 Å². The number of hydrogen-bond donors (Lipinski definition) is 2. The summed E-state index contributed by atoms with van der Waals surface area (Å²) in [5.74, 6) is 1.06. The number of methoxy groups -OCH3 is 1. The summed E-state index contributed by atoms with van der Waals surface area (Å²) in [5, 5.41) is 5.98. The van der Waals surface area contributed by atoms with Gasteiger partial charge in [-0.2, -0.15) is 0 Å². The summed E-state index contributed by atoms with van der Waals surface area (Å²) < 4.78 is 5.09. The van der Waals surface area contributed by atoms with Crippen molar-refractivity contribution in [3.8, 4) is 5.75 Å². The molecule has 1 aromatic heterocycles. The van der Waals surface area contributed by atoms with Gasteiger partial charge in [0.05, 0.1) is 19.5 Å². The number of carbonyl (C=O) groups is 1. The summed E-state index contributed by atoms with van der Waals surface area (Å²) in [6.07, 6.45) is 3.92. The molecule has 0 aliphatic carbocycles. The van der Waals surface area contributed by atoms with Gasteiger partial charge in [-0.05, 0) is 36.2 Å². The van der Waals surface area contributed by atoms with Crippen molar-refractivity contribution >= 4 is 17.4 Å². The number of nitrogens with zero attached hydrogens (tertiary/aromatic N) is 2. The second kappa shape index (κ2) is 8.62. The molecule has 0 unspecified atom stereocenters. The van der Waals surface area contributed by atoms with E-state index in [0.29, 0.717) is 11.5 Å². The van der Waals surface area contributed by atoms with Crippen molar-refractivity contribution in [1.29, 1.82) is 0 Å². The summed E-state index contributed by atoms with van der Waals surface area (Å²) in [7, 11) is 1.60. The molecule has 26 heavy (non-hydrogen) atoms. The highest BCUT2D eigenvalue weighted by Crippen LogP contribution is 2.15. The first-order chi connectivity index (χ1) is 12.7. The predicted molar refractivity (Wildman–Crippen MR) is 102 cm³/mol. The maximum atomic E-state index is 12.2. The van der Waals surface area contributed by atoms with Gasteiger partial charge in [0.2, 0.25) is 0 Å². The van der Waals surface area contributed by atoms with Gasteiger partial charge in [0, 0.05) is 12.2 Å². The van der Waals surface area contributed by atoms with Crippen LogP contribution in [0.3, 0.4) is 0 Å². The third-order valence-corrected chi connectivity index (χ3v) is 3.79. The number of carbonyl (C=O) groups excluding carboxylic acids is 1. The number of aromatic nitrogens is 2. The molecule has 6 nitrogen and oxygen atoms in total. The van der Waals surface area contributed by atoms with Crippen molar-refractivity contribution in [1.82, 2.24) is 9.97 Å². The van der Waals surface area contributed by atoms with Crippen molar-refractivity contribution in [2.45, 2.75) is 6.42 Å². The van der Waals surface area contributed by atoms with Crippen LogP contribution in [0.1, 0.15) is 16.1 Å².